The van der Waals surface area contributed by atoms with Crippen molar-refractivity contribution in [1.82, 2.24) is 20.2 Å². The number of hydrogen-bond acceptors (Lipinski definition) is 3. The molecule has 2 aromatic heterocycles. The van der Waals surface area contributed by atoms with Gasteiger partial charge in [-0.25, -0.2) is 4.98 Å². The molecule has 2 aromatic rings. The van der Waals surface area contributed by atoms with Gasteiger partial charge in [-0.2, -0.15) is 0 Å². The first-order valence-electron chi connectivity index (χ1n) is 6.89. The van der Waals surface area contributed by atoms with Gasteiger partial charge in [0.05, 0.1) is 6.33 Å². The average Bonchev–Trinajstić information content (AvgIpc) is 3.11. The summed E-state index contributed by atoms with van der Waals surface area (Å²) in [5.74, 6) is 0.879. The molecule has 0 amide bonds. The molecule has 2 N–H and O–H groups in total. The highest BCUT2D eigenvalue weighted by Crippen LogP contribution is 2.08. The van der Waals surface area contributed by atoms with E-state index in [1.54, 1.807) is 17.5 Å². The molecular formula is C14H21N5S. The summed E-state index contributed by atoms with van der Waals surface area (Å²) in [6.07, 6.45) is 6.57. The fraction of sp³-hybridized carbons (Fsp3) is 0.429. The van der Waals surface area contributed by atoms with Crippen LogP contribution in [-0.4, -0.2) is 35.1 Å². The maximum absolute atomic E-state index is 4.58. The molecule has 0 aromatic carbocycles. The van der Waals surface area contributed by atoms with E-state index in [9.17, 15) is 0 Å². The molecule has 0 aliphatic heterocycles. The zero-order valence-corrected chi connectivity index (χ0v) is 12.6. The number of imidazole rings is 1. The molecule has 0 atom stereocenters. The monoisotopic (exact) mass is 291 g/mol. The summed E-state index contributed by atoms with van der Waals surface area (Å²) in [5.41, 5.74) is 0. The predicted molar refractivity (Wildman–Crippen MR) is 84.2 cm³/mol. The molecule has 0 aliphatic rings. The molecule has 0 saturated carbocycles. The molecule has 6 heteroatoms. The molecule has 0 fully saturated rings. The number of aliphatic imine (C=N–C) groups is 1. The Labute approximate surface area is 123 Å². The second kappa shape index (κ2) is 8.37. The highest BCUT2D eigenvalue weighted by molar-refractivity contribution is 7.09. The van der Waals surface area contributed by atoms with Gasteiger partial charge in [0, 0.05) is 49.9 Å². The van der Waals surface area contributed by atoms with E-state index in [4.69, 9.17) is 0 Å². The van der Waals surface area contributed by atoms with Gasteiger partial charge >= 0.3 is 0 Å². The maximum atomic E-state index is 4.58. The number of aromatic nitrogens is 2. The summed E-state index contributed by atoms with van der Waals surface area (Å²) < 4.78 is 2.04. The van der Waals surface area contributed by atoms with Crippen LogP contribution in [-0.2, 0) is 13.0 Å². The molecule has 5 nitrogen and oxygen atoms in total. The van der Waals surface area contributed by atoms with Gasteiger partial charge in [0.15, 0.2) is 5.96 Å². The molecular weight excluding hydrogens is 270 g/mol. The van der Waals surface area contributed by atoms with Crippen LogP contribution in [0.25, 0.3) is 0 Å². The van der Waals surface area contributed by atoms with E-state index in [1.807, 2.05) is 17.1 Å². The van der Waals surface area contributed by atoms with Crippen molar-refractivity contribution in [2.24, 2.45) is 4.99 Å². The van der Waals surface area contributed by atoms with Gasteiger partial charge in [0.25, 0.3) is 0 Å². The molecule has 0 aliphatic carbocycles. The van der Waals surface area contributed by atoms with Crippen molar-refractivity contribution >= 4 is 17.3 Å². The van der Waals surface area contributed by atoms with Gasteiger partial charge in [-0.1, -0.05) is 6.07 Å². The number of rotatable bonds is 7. The Kier molecular flexibility index (Phi) is 6.10. The van der Waals surface area contributed by atoms with Crippen molar-refractivity contribution in [3.05, 3.63) is 41.1 Å². The highest BCUT2D eigenvalue weighted by Gasteiger charge is 1.98. The van der Waals surface area contributed by atoms with Gasteiger partial charge in [0.2, 0.25) is 0 Å². The molecule has 20 heavy (non-hydrogen) atoms. The molecule has 0 unspecified atom stereocenters. The van der Waals surface area contributed by atoms with E-state index in [-0.39, 0.29) is 0 Å². The van der Waals surface area contributed by atoms with Crippen molar-refractivity contribution < 1.29 is 0 Å². The Balaban J connectivity index is 1.73. The Hall–Kier alpha value is -1.82. The Morgan fingerprint density at radius 1 is 1.45 bits per heavy atom. The molecule has 2 heterocycles. The molecule has 108 valence electrons. The van der Waals surface area contributed by atoms with Crippen LogP contribution in [0.4, 0.5) is 0 Å². The summed E-state index contributed by atoms with van der Waals surface area (Å²) in [6, 6.07) is 4.23. The summed E-state index contributed by atoms with van der Waals surface area (Å²) in [5, 5.41) is 8.70. The summed E-state index contributed by atoms with van der Waals surface area (Å²) in [6.45, 7) is 5.47. The van der Waals surface area contributed by atoms with Crippen molar-refractivity contribution in [3.63, 3.8) is 0 Å². The average molecular weight is 291 g/mol. The SMILES string of the molecule is CCNC(=NCCc1cccs1)NCCn1ccnc1. The summed E-state index contributed by atoms with van der Waals surface area (Å²) >= 11 is 1.78. The van der Waals surface area contributed by atoms with Gasteiger partial charge < -0.3 is 15.2 Å². The number of nitrogens with one attached hydrogen (secondary N) is 2. The summed E-state index contributed by atoms with van der Waals surface area (Å²) in [4.78, 5) is 9.99. The zero-order valence-electron chi connectivity index (χ0n) is 11.7. The highest BCUT2D eigenvalue weighted by atomic mass is 32.1. The van der Waals surface area contributed by atoms with E-state index in [1.165, 1.54) is 4.88 Å². The molecule has 0 radical (unpaired) electrons. The van der Waals surface area contributed by atoms with E-state index in [2.05, 4.69) is 45.0 Å². The fourth-order valence-corrected chi connectivity index (χ4v) is 2.50. The lowest BCUT2D eigenvalue weighted by Gasteiger charge is -2.11. The van der Waals surface area contributed by atoms with Crippen molar-refractivity contribution in [1.29, 1.82) is 0 Å². The standard InChI is InChI=1S/C14H21N5S/c1-2-16-14(17-6-5-13-4-3-11-20-13)18-8-10-19-9-7-15-12-19/h3-4,7,9,11-12H,2,5-6,8,10H2,1H3,(H2,16,17,18). The zero-order chi connectivity index (χ0) is 14.0. The first-order valence-corrected chi connectivity index (χ1v) is 7.76. The van der Waals surface area contributed by atoms with Gasteiger partial charge in [-0.3, -0.25) is 4.99 Å². The number of guanidine groups is 1. The fourth-order valence-electron chi connectivity index (χ4n) is 1.80. The number of hydrogen-bond donors (Lipinski definition) is 2. The lowest BCUT2D eigenvalue weighted by Crippen LogP contribution is -2.39. The van der Waals surface area contributed by atoms with Crippen molar-refractivity contribution in [2.45, 2.75) is 19.9 Å². The minimum atomic E-state index is 0.806. The van der Waals surface area contributed by atoms with Crippen LogP contribution in [0, 0.1) is 0 Å². The maximum Gasteiger partial charge on any atom is 0.191 e. The molecule has 0 spiro atoms. The van der Waals surface area contributed by atoms with Crippen molar-refractivity contribution in [3.8, 4) is 0 Å². The predicted octanol–water partition coefficient (Wildman–Crippen LogP) is 1.74. The van der Waals surface area contributed by atoms with Gasteiger partial charge in [-0.05, 0) is 18.4 Å². The Bertz CT molecular complexity index is 490. The Morgan fingerprint density at radius 3 is 3.10 bits per heavy atom. The first kappa shape index (κ1) is 14.6. The van der Waals surface area contributed by atoms with E-state index >= 15 is 0 Å². The normalized spacial score (nSPS) is 11.6. The van der Waals surface area contributed by atoms with Crippen LogP contribution in [0.15, 0.2) is 41.2 Å². The van der Waals surface area contributed by atoms with Gasteiger partial charge in [0.1, 0.15) is 0 Å². The largest absolute Gasteiger partial charge is 0.357 e. The van der Waals surface area contributed by atoms with Crippen molar-refractivity contribution in [2.75, 3.05) is 19.6 Å². The summed E-state index contributed by atoms with van der Waals surface area (Å²) in [7, 11) is 0. The van der Waals surface area contributed by atoms with Crippen LogP contribution in [0.3, 0.4) is 0 Å². The van der Waals surface area contributed by atoms with E-state index < -0.39 is 0 Å². The quantitative estimate of drug-likeness (QED) is 0.603. The Morgan fingerprint density at radius 2 is 2.40 bits per heavy atom. The molecule has 2 rings (SSSR count). The smallest absolute Gasteiger partial charge is 0.191 e. The first-order chi connectivity index (χ1) is 9.88. The lowest BCUT2D eigenvalue weighted by atomic mass is 10.3. The van der Waals surface area contributed by atoms with Crippen LogP contribution in [0.2, 0.25) is 0 Å². The molecule has 0 saturated heterocycles. The third-order valence-electron chi connectivity index (χ3n) is 2.77. The third-order valence-corrected chi connectivity index (χ3v) is 3.71. The van der Waals surface area contributed by atoms with Crippen LogP contribution < -0.4 is 10.6 Å². The third kappa shape index (κ3) is 5.05. The second-order valence-corrected chi connectivity index (χ2v) is 5.35. The van der Waals surface area contributed by atoms with E-state index in [0.29, 0.717) is 0 Å². The molecule has 0 bridgehead atoms. The number of thiophene rings is 1. The van der Waals surface area contributed by atoms with Gasteiger partial charge in [-0.15, -0.1) is 11.3 Å². The topological polar surface area (TPSA) is 54.2 Å². The van der Waals surface area contributed by atoms with Crippen LogP contribution in [0.5, 0.6) is 0 Å². The minimum Gasteiger partial charge on any atom is -0.357 e. The number of nitrogens with zero attached hydrogens (tertiary/aromatic N) is 3. The van der Waals surface area contributed by atoms with E-state index in [0.717, 1.165) is 38.6 Å². The second-order valence-electron chi connectivity index (χ2n) is 4.32. The van der Waals surface area contributed by atoms with Crippen LogP contribution >= 0.6 is 11.3 Å². The lowest BCUT2D eigenvalue weighted by molar-refractivity contribution is 0.662. The minimum absolute atomic E-state index is 0.806. The van der Waals surface area contributed by atoms with Crippen LogP contribution in [0.1, 0.15) is 11.8 Å².